The fraction of sp³-hybridized carbons (Fsp3) is 0.200. The number of ether oxygens (including phenoxy) is 1. The first-order valence-electron chi connectivity index (χ1n) is 6.56. The smallest absolute Gasteiger partial charge is 0.343 e. The summed E-state index contributed by atoms with van der Waals surface area (Å²) in [6.07, 6.45) is 1.47. The van der Waals surface area contributed by atoms with Crippen LogP contribution in [-0.2, 0) is 9.53 Å². The van der Waals surface area contributed by atoms with Crippen LogP contribution in [0.4, 0.5) is 5.69 Å². The van der Waals surface area contributed by atoms with Crippen LogP contribution >= 0.6 is 0 Å². The minimum absolute atomic E-state index is 0.0125. The number of rotatable bonds is 4. The van der Waals surface area contributed by atoms with E-state index in [0.29, 0.717) is 11.3 Å². The highest BCUT2D eigenvalue weighted by atomic mass is 16.6. The van der Waals surface area contributed by atoms with Crippen LogP contribution in [0.3, 0.4) is 0 Å². The molecule has 0 spiro atoms. The van der Waals surface area contributed by atoms with Crippen molar-refractivity contribution in [1.82, 2.24) is 0 Å². The van der Waals surface area contributed by atoms with Crippen LogP contribution in [0.2, 0.25) is 0 Å². The van der Waals surface area contributed by atoms with Gasteiger partial charge in [-0.25, -0.2) is 9.79 Å². The highest BCUT2D eigenvalue weighted by Gasteiger charge is 2.27. The number of hydrogen-bond acceptors (Lipinski definition) is 6. The van der Waals surface area contributed by atoms with Gasteiger partial charge in [0.15, 0.2) is 5.76 Å². The van der Waals surface area contributed by atoms with Crippen molar-refractivity contribution in [3.05, 3.63) is 57.0 Å². The average molecular weight is 302 g/mol. The lowest BCUT2D eigenvalue weighted by atomic mass is 10.1. The molecule has 0 aliphatic carbocycles. The van der Waals surface area contributed by atoms with E-state index in [0.717, 1.165) is 0 Å². The number of aliphatic hydroxyl groups is 1. The van der Waals surface area contributed by atoms with Gasteiger partial charge in [0.25, 0.3) is 5.69 Å². The largest absolute Gasteiger partial charge is 0.505 e. The molecule has 0 radical (unpaired) electrons. The lowest BCUT2D eigenvalue weighted by Gasteiger charge is -2.02. The SMILES string of the molecule is CCOC(=O)C1=C(O)C(=Cc2cccc([N+](=O)[O-])c2)N=C1C. The summed E-state index contributed by atoms with van der Waals surface area (Å²) in [6, 6.07) is 5.89. The molecule has 0 bridgehead atoms. The van der Waals surface area contributed by atoms with E-state index in [1.54, 1.807) is 19.9 Å². The Morgan fingerprint density at radius 1 is 1.50 bits per heavy atom. The molecule has 1 N–H and O–H groups in total. The number of aliphatic imine (C=N–C) groups is 1. The predicted molar refractivity (Wildman–Crippen MR) is 80.5 cm³/mol. The van der Waals surface area contributed by atoms with Crippen molar-refractivity contribution in [2.24, 2.45) is 4.99 Å². The Kier molecular flexibility index (Phi) is 4.36. The number of non-ortho nitro benzene ring substituents is 1. The minimum Gasteiger partial charge on any atom is -0.505 e. The molecule has 2 rings (SSSR count). The van der Waals surface area contributed by atoms with Gasteiger partial charge < -0.3 is 9.84 Å². The Labute approximate surface area is 126 Å². The van der Waals surface area contributed by atoms with Crippen molar-refractivity contribution in [3.63, 3.8) is 0 Å². The second-order valence-electron chi connectivity index (χ2n) is 4.52. The molecule has 7 nitrogen and oxygen atoms in total. The summed E-state index contributed by atoms with van der Waals surface area (Å²) in [5, 5.41) is 20.9. The Morgan fingerprint density at radius 2 is 2.23 bits per heavy atom. The Hall–Kier alpha value is -2.96. The molecule has 0 fully saturated rings. The topological polar surface area (TPSA) is 102 Å². The fourth-order valence-corrected chi connectivity index (χ4v) is 2.02. The fourth-order valence-electron chi connectivity index (χ4n) is 2.02. The normalized spacial score (nSPS) is 15.9. The number of nitro benzene ring substituents is 1. The van der Waals surface area contributed by atoms with Crippen LogP contribution in [0.25, 0.3) is 6.08 Å². The standard InChI is InChI=1S/C15H14N2O5/c1-3-22-15(19)13-9(2)16-12(14(13)18)8-10-5-4-6-11(7-10)17(20)21/h4-8,18H,3H2,1-2H3. The number of aliphatic hydroxyl groups excluding tert-OH is 1. The molecule has 22 heavy (non-hydrogen) atoms. The molecule has 0 aromatic heterocycles. The maximum absolute atomic E-state index is 11.8. The van der Waals surface area contributed by atoms with Crippen molar-refractivity contribution in [2.75, 3.05) is 6.61 Å². The molecule has 7 heteroatoms. The highest BCUT2D eigenvalue weighted by Crippen LogP contribution is 2.27. The third-order valence-electron chi connectivity index (χ3n) is 2.99. The van der Waals surface area contributed by atoms with Gasteiger partial charge in [0.2, 0.25) is 0 Å². The lowest BCUT2D eigenvalue weighted by Crippen LogP contribution is -2.13. The van der Waals surface area contributed by atoms with Crippen LogP contribution in [0.1, 0.15) is 19.4 Å². The zero-order chi connectivity index (χ0) is 16.3. The van der Waals surface area contributed by atoms with E-state index in [9.17, 15) is 20.0 Å². The molecule has 0 unspecified atom stereocenters. The first kappa shape index (κ1) is 15.4. The Balaban J connectivity index is 2.40. The van der Waals surface area contributed by atoms with Crippen LogP contribution in [0, 0.1) is 10.1 Å². The molecule has 0 saturated carbocycles. The molecule has 1 heterocycles. The Morgan fingerprint density at radius 3 is 2.86 bits per heavy atom. The molecular weight excluding hydrogens is 288 g/mol. The van der Waals surface area contributed by atoms with Crippen LogP contribution in [-0.4, -0.2) is 28.3 Å². The average Bonchev–Trinajstić information content (AvgIpc) is 2.74. The number of nitro groups is 1. The summed E-state index contributed by atoms with van der Waals surface area (Å²) >= 11 is 0. The van der Waals surface area contributed by atoms with Gasteiger partial charge >= 0.3 is 5.97 Å². The van der Waals surface area contributed by atoms with Crippen LogP contribution in [0.15, 0.2) is 46.3 Å². The molecule has 1 aliphatic rings. The van der Waals surface area contributed by atoms with Gasteiger partial charge in [-0.3, -0.25) is 10.1 Å². The summed E-state index contributed by atoms with van der Waals surface area (Å²) < 4.78 is 4.86. The summed E-state index contributed by atoms with van der Waals surface area (Å²) in [6.45, 7) is 3.43. The van der Waals surface area contributed by atoms with E-state index >= 15 is 0 Å². The van der Waals surface area contributed by atoms with Crippen molar-refractivity contribution >= 4 is 23.4 Å². The van der Waals surface area contributed by atoms with Crippen molar-refractivity contribution in [1.29, 1.82) is 0 Å². The molecule has 1 aliphatic heterocycles. The third kappa shape index (κ3) is 3.03. The van der Waals surface area contributed by atoms with Gasteiger partial charge in [-0.2, -0.15) is 0 Å². The summed E-state index contributed by atoms with van der Waals surface area (Å²) in [5.74, 6) is -0.939. The number of esters is 1. The third-order valence-corrected chi connectivity index (χ3v) is 2.99. The monoisotopic (exact) mass is 302 g/mol. The van der Waals surface area contributed by atoms with E-state index < -0.39 is 10.9 Å². The van der Waals surface area contributed by atoms with Crippen LogP contribution in [0.5, 0.6) is 0 Å². The molecule has 0 saturated heterocycles. The molecule has 0 amide bonds. The first-order chi connectivity index (χ1) is 10.4. The zero-order valence-electron chi connectivity index (χ0n) is 12.1. The Bertz CT molecular complexity index is 731. The summed E-state index contributed by atoms with van der Waals surface area (Å²) in [4.78, 5) is 26.1. The van der Waals surface area contributed by atoms with E-state index in [-0.39, 0.29) is 29.3 Å². The quantitative estimate of drug-likeness (QED) is 0.523. The van der Waals surface area contributed by atoms with Crippen molar-refractivity contribution < 1.29 is 19.6 Å². The maximum atomic E-state index is 11.8. The van der Waals surface area contributed by atoms with Gasteiger partial charge in [-0.05, 0) is 25.5 Å². The second-order valence-corrected chi connectivity index (χ2v) is 4.52. The molecule has 1 aromatic rings. The van der Waals surface area contributed by atoms with Crippen molar-refractivity contribution in [2.45, 2.75) is 13.8 Å². The van der Waals surface area contributed by atoms with E-state index in [4.69, 9.17) is 4.74 Å². The van der Waals surface area contributed by atoms with Gasteiger partial charge in [0.1, 0.15) is 11.3 Å². The minimum atomic E-state index is -0.649. The van der Waals surface area contributed by atoms with Crippen molar-refractivity contribution in [3.8, 4) is 0 Å². The molecular formula is C15H14N2O5. The molecule has 0 atom stereocenters. The van der Waals surface area contributed by atoms with E-state index in [2.05, 4.69) is 4.99 Å². The summed E-state index contributed by atoms with van der Waals surface area (Å²) in [7, 11) is 0. The van der Waals surface area contributed by atoms with Gasteiger partial charge in [0.05, 0.1) is 17.2 Å². The number of hydrogen-bond donors (Lipinski definition) is 1. The maximum Gasteiger partial charge on any atom is 0.343 e. The van der Waals surface area contributed by atoms with Gasteiger partial charge in [-0.15, -0.1) is 0 Å². The number of nitrogens with zero attached hydrogens (tertiary/aromatic N) is 2. The van der Waals surface area contributed by atoms with E-state index in [1.807, 2.05) is 0 Å². The second kappa shape index (κ2) is 6.21. The van der Waals surface area contributed by atoms with Gasteiger partial charge in [0, 0.05) is 12.1 Å². The highest BCUT2D eigenvalue weighted by molar-refractivity contribution is 6.22. The molecule has 114 valence electrons. The number of carbonyl (C=O) groups excluding carboxylic acids is 1. The first-order valence-corrected chi connectivity index (χ1v) is 6.56. The number of benzene rings is 1. The number of carbonyl (C=O) groups is 1. The predicted octanol–water partition coefficient (Wildman–Crippen LogP) is 2.79. The van der Waals surface area contributed by atoms with Gasteiger partial charge in [-0.1, -0.05) is 12.1 Å². The summed E-state index contributed by atoms with van der Waals surface area (Å²) in [5.41, 5.74) is 0.951. The lowest BCUT2D eigenvalue weighted by molar-refractivity contribution is -0.384. The van der Waals surface area contributed by atoms with Crippen LogP contribution < -0.4 is 0 Å². The van der Waals surface area contributed by atoms with E-state index in [1.165, 1.54) is 24.3 Å². The zero-order valence-corrected chi connectivity index (χ0v) is 12.1. The molecule has 1 aromatic carbocycles.